The lowest BCUT2D eigenvalue weighted by Crippen LogP contribution is -2.47. The summed E-state index contributed by atoms with van der Waals surface area (Å²) >= 11 is 0. The Balaban J connectivity index is 1.65. The third-order valence-corrected chi connectivity index (χ3v) is 4.53. The number of likely N-dealkylation sites (N-methyl/N-ethyl adjacent to an activating group) is 1. The third-order valence-electron chi connectivity index (χ3n) is 4.53. The molecular weight excluding hydrogens is 274 g/mol. The van der Waals surface area contributed by atoms with Crippen LogP contribution in [-0.2, 0) is 11.2 Å². The summed E-state index contributed by atoms with van der Waals surface area (Å²) in [7, 11) is 1.97. The average molecular weight is 297 g/mol. The van der Waals surface area contributed by atoms with Crippen LogP contribution in [0.5, 0.6) is 0 Å². The highest BCUT2D eigenvalue weighted by atomic mass is 16.2. The fraction of sp³-hybridized carbons (Fsp3) is 0.444. The second kappa shape index (κ2) is 6.88. The first-order valence-electron chi connectivity index (χ1n) is 8.05. The van der Waals surface area contributed by atoms with Crippen molar-refractivity contribution < 1.29 is 4.79 Å². The zero-order valence-electron chi connectivity index (χ0n) is 13.1. The van der Waals surface area contributed by atoms with Crippen LogP contribution in [0.4, 0.5) is 0 Å². The Morgan fingerprint density at radius 2 is 2.23 bits per heavy atom. The minimum Gasteiger partial charge on any atom is -0.341 e. The van der Waals surface area contributed by atoms with E-state index in [1.807, 2.05) is 42.4 Å². The molecule has 1 atom stereocenters. The SMILES string of the molecule is CNC1CCCN(C(=O)CCc2ccnc3ccccc23)C1. The summed E-state index contributed by atoms with van der Waals surface area (Å²) in [4.78, 5) is 18.8. The van der Waals surface area contributed by atoms with E-state index in [1.165, 1.54) is 5.56 Å². The maximum Gasteiger partial charge on any atom is 0.222 e. The molecule has 0 saturated carbocycles. The topological polar surface area (TPSA) is 45.2 Å². The Hall–Kier alpha value is -1.94. The van der Waals surface area contributed by atoms with Crippen molar-refractivity contribution in [3.63, 3.8) is 0 Å². The molecule has 1 fully saturated rings. The quantitative estimate of drug-likeness (QED) is 0.942. The number of carbonyl (C=O) groups is 1. The first-order valence-corrected chi connectivity index (χ1v) is 8.05. The van der Waals surface area contributed by atoms with E-state index < -0.39 is 0 Å². The van der Waals surface area contributed by atoms with Gasteiger partial charge in [0, 0.05) is 37.1 Å². The molecule has 0 spiro atoms. The van der Waals surface area contributed by atoms with E-state index in [0.717, 1.165) is 43.3 Å². The largest absolute Gasteiger partial charge is 0.341 e. The van der Waals surface area contributed by atoms with Gasteiger partial charge in [-0.15, -0.1) is 0 Å². The van der Waals surface area contributed by atoms with Gasteiger partial charge in [-0.25, -0.2) is 0 Å². The van der Waals surface area contributed by atoms with E-state index in [-0.39, 0.29) is 5.91 Å². The summed E-state index contributed by atoms with van der Waals surface area (Å²) in [6.45, 7) is 1.74. The highest BCUT2D eigenvalue weighted by Crippen LogP contribution is 2.18. The van der Waals surface area contributed by atoms with Crippen LogP contribution in [0, 0.1) is 0 Å². The highest BCUT2D eigenvalue weighted by molar-refractivity contribution is 5.83. The molecule has 1 amide bonds. The molecule has 1 aromatic carbocycles. The van der Waals surface area contributed by atoms with Crippen molar-refractivity contribution in [3.8, 4) is 0 Å². The second-order valence-electron chi connectivity index (χ2n) is 5.95. The molecule has 22 heavy (non-hydrogen) atoms. The normalized spacial score (nSPS) is 18.6. The molecule has 0 radical (unpaired) electrons. The molecule has 2 aromatic rings. The zero-order chi connectivity index (χ0) is 15.4. The molecule has 1 unspecified atom stereocenters. The molecule has 2 heterocycles. The molecule has 116 valence electrons. The summed E-state index contributed by atoms with van der Waals surface area (Å²) < 4.78 is 0. The second-order valence-corrected chi connectivity index (χ2v) is 5.95. The predicted molar refractivity (Wildman–Crippen MR) is 88.7 cm³/mol. The number of piperidine rings is 1. The van der Waals surface area contributed by atoms with Gasteiger partial charge in [-0.05, 0) is 44.0 Å². The number of rotatable bonds is 4. The van der Waals surface area contributed by atoms with Gasteiger partial charge in [0.05, 0.1) is 5.52 Å². The molecule has 1 saturated heterocycles. The van der Waals surface area contributed by atoms with Gasteiger partial charge in [-0.2, -0.15) is 0 Å². The molecule has 1 aliphatic heterocycles. The Kier molecular flexibility index (Phi) is 4.68. The number of aryl methyl sites for hydroxylation is 1. The van der Waals surface area contributed by atoms with Crippen LogP contribution >= 0.6 is 0 Å². The lowest BCUT2D eigenvalue weighted by atomic mass is 10.0. The number of nitrogens with one attached hydrogen (secondary N) is 1. The minimum absolute atomic E-state index is 0.265. The Morgan fingerprint density at radius 1 is 1.36 bits per heavy atom. The Morgan fingerprint density at radius 3 is 3.09 bits per heavy atom. The van der Waals surface area contributed by atoms with Gasteiger partial charge in [0.25, 0.3) is 0 Å². The number of likely N-dealkylation sites (tertiary alicyclic amines) is 1. The average Bonchev–Trinajstić information content (AvgIpc) is 2.59. The van der Waals surface area contributed by atoms with Gasteiger partial charge in [-0.3, -0.25) is 9.78 Å². The van der Waals surface area contributed by atoms with Crippen LogP contribution in [0.15, 0.2) is 36.5 Å². The van der Waals surface area contributed by atoms with E-state index in [0.29, 0.717) is 12.5 Å². The van der Waals surface area contributed by atoms with Gasteiger partial charge in [-0.1, -0.05) is 18.2 Å². The van der Waals surface area contributed by atoms with E-state index in [9.17, 15) is 4.79 Å². The van der Waals surface area contributed by atoms with Crippen molar-refractivity contribution in [2.45, 2.75) is 31.7 Å². The van der Waals surface area contributed by atoms with Gasteiger partial charge >= 0.3 is 0 Å². The summed E-state index contributed by atoms with van der Waals surface area (Å²) in [6, 6.07) is 10.6. The highest BCUT2D eigenvalue weighted by Gasteiger charge is 2.22. The van der Waals surface area contributed by atoms with E-state index in [1.54, 1.807) is 0 Å². The van der Waals surface area contributed by atoms with Crippen molar-refractivity contribution in [2.75, 3.05) is 20.1 Å². The molecule has 1 aliphatic rings. The molecule has 1 N–H and O–H groups in total. The number of nitrogens with zero attached hydrogens (tertiary/aromatic N) is 2. The summed E-state index contributed by atoms with van der Waals surface area (Å²) in [5, 5.41) is 4.44. The van der Waals surface area contributed by atoms with Gasteiger partial charge in [0.15, 0.2) is 0 Å². The number of hydrogen-bond acceptors (Lipinski definition) is 3. The van der Waals surface area contributed by atoms with Crippen LogP contribution in [0.3, 0.4) is 0 Å². The number of aromatic nitrogens is 1. The Labute approximate surface area is 131 Å². The summed E-state index contributed by atoms with van der Waals surface area (Å²) in [5.41, 5.74) is 2.21. The maximum absolute atomic E-state index is 12.5. The van der Waals surface area contributed by atoms with Crippen molar-refractivity contribution in [2.24, 2.45) is 0 Å². The van der Waals surface area contributed by atoms with Gasteiger partial charge < -0.3 is 10.2 Å². The van der Waals surface area contributed by atoms with Crippen LogP contribution < -0.4 is 5.32 Å². The monoisotopic (exact) mass is 297 g/mol. The smallest absolute Gasteiger partial charge is 0.222 e. The lowest BCUT2D eigenvalue weighted by molar-refractivity contribution is -0.132. The third kappa shape index (κ3) is 3.28. The molecule has 0 bridgehead atoms. The number of fused-ring (bicyclic) bond motifs is 1. The number of benzene rings is 1. The van der Waals surface area contributed by atoms with Crippen molar-refractivity contribution in [1.82, 2.24) is 15.2 Å². The van der Waals surface area contributed by atoms with E-state index in [4.69, 9.17) is 0 Å². The number of amides is 1. The zero-order valence-corrected chi connectivity index (χ0v) is 13.1. The van der Waals surface area contributed by atoms with Crippen LogP contribution in [0.1, 0.15) is 24.8 Å². The fourth-order valence-corrected chi connectivity index (χ4v) is 3.21. The molecule has 0 aliphatic carbocycles. The molecule has 1 aromatic heterocycles. The molecular formula is C18H23N3O. The van der Waals surface area contributed by atoms with Crippen molar-refractivity contribution in [3.05, 3.63) is 42.1 Å². The van der Waals surface area contributed by atoms with E-state index >= 15 is 0 Å². The van der Waals surface area contributed by atoms with Gasteiger partial charge in [0.1, 0.15) is 0 Å². The van der Waals surface area contributed by atoms with Gasteiger partial charge in [0.2, 0.25) is 5.91 Å². The maximum atomic E-state index is 12.5. The van der Waals surface area contributed by atoms with Crippen molar-refractivity contribution in [1.29, 1.82) is 0 Å². The van der Waals surface area contributed by atoms with Crippen LogP contribution in [0.2, 0.25) is 0 Å². The predicted octanol–water partition coefficient (Wildman–Crippen LogP) is 2.38. The standard InChI is InChI=1S/C18H23N3O/c1-19-15-5-4-12-21(13-15)18(22)9-8-14-10-11-20-17-7-3-2-6-16(14)17/h2-3,6-7,10-11,15,19H,4-5,8-9,12-13H2,1H3. The molecule has 4 nitrogen and oxygen atoms in total. The fourth-order valence-electron chi connectivity index (χ4n) is 3.21. The first-order chi connectivity index (χ1) is 10.8. The van der Waals surface area contributed by atoms with Crippen LogP contribution in [0.25, 0.3) is 10.9 Å². The Bertz CT molecular complexity index is 650. The van der Waals surface area contributed by atoms with Crippen molar-refractivity contribution >= 4 is 16.8 Å². The number of hydrogen-bond donors (Lipinski definition) is 1. The number of pyridine rings is 1. The summed E-state index contributed by atoms with van der Waals surface area (Å²) in [6.07, 6.45) is 5.44. The summed E-state index contributed by atoms with van der Waals surface area (Å²) in [5.74, 6) is 0.265. The van der Waals surface area contributed by atoms with E-state index in [2.05, 4.69) is 16.4 Å². The minimum atomic E-state index is 0.265. The molecule has 4 heteroatoms. The molecule has 3 rings (SSSR count). The first kappa shape index (κ1) is 15.0. The number of para-hydroxylation sites is 1. The lowest BCUT2D eigenvalue weighted by Gasteiger charge is -2.32. The number of carbonyl (C=O) groups excluding carboxylic acids is 1. The van der Waals surface area contributed by atoms with Crippen LogP contribution in [-0.4, -0.2) is 42.0 Å².